The molecule has 1 aromatic carbocycles. The van der Waals surface area contributed by atoms with Gasteiger partial charge in [-0.1, -0.05) is 24.3 Å². The van der Waals surface area contributed by atoms with Crippen LogP contribution in [0.1, 0.15) is 11.1 Å². The van der Waals surface area contributed by atoms with Gasteiger partial charge in [-0.2, -0.15) is 10.1 Å². The van der Waals surface area contributed by atoms with Gasteiger partial charge in [0.15, 0.2) is 0 Å². The maximum atomic E-state index is 11.2. The highest BCUT2D eigenvalue weighted by Gasteiger charge is 2.17. The van der Waals surface area contributed by atoms with Crippen molar-refractivity contribution in [2.75, 3.05) is 7.11 Å². The third kappa shape index (κ3) is 1.46. The summed E-state index contributed by atoms with van der Waals surface area (Å²) in [5.74, 6) is 0. The number of fused-ring (bicyclic) bond motifs is 1. The topological polar surface area (TPSA) is 41.9 Å². The van der Waals surface area contributed by atoms with Crippen LogP contribution in [0.3, 0.4) is 0 Å². The molecule has 0 unspecified atom stereocenters. The molecule has 1 aliphatic heterocycles. The lowest BCUT2D eigenvalue weighted by Gasteiger charge is -2.20. The molecule has 0 saturated carbocycles. The van der Waals surface area contributed by atoms with Gasteiger partial charge in [-0.25, -0.2) is 4.79 Å². The minimum atomic E-state index is -0.434. The van der Waals surface area contributed by atoms with Crippen molar-refractivity contribution >= 4 is 12.3 Å². The number of methoxy groups -OCH3 is 1. The number of carbonyl (C=O) groups excluding carboxylic acids is 1. The predicted octanol–water partition coefficient (Wildman–Crippen LogP) is 1.60. The zero-order chi connectivity index (χ0) is 9.97. The van der Waals surface area contributed by atoms with E-state index in [-0.39, 0.29) is 0 Å². The van der Waals surface area contributed by atoms with Crippen LogP contribution in [0, 0.1) is 0 Å². The Morgan fingerprint density at radius 2 is 2.29 bits per heavy atom. The summed E-state index contributed by atoms with van der Waals surface area (Å²) in [6.45, 7) is 0.472. The molecule has 0 aliphatic carbocycles. The van der Waals surface area contributed by atoms with E-state index in [9.17, 15) is 4.79 Å². The maximum Gasteiger partial charge on any atom is 0.430 e. The van der Waals surface area contributed by atoms with Gasteiger partial charge in [0.1, 0.15) is 0 Å². The van der Waals surface area contributed by atoms with Gasteiger partial charge in [-0.3, -0.25) is 0 Å². The zero-order valence-electron chi connectivity index (χ0n) is 7.80. The molecule has 1 aromatic rings. The van der Waals surface area contributed by atoms with Gasteiger partial charge in [-0.05, 0) is 11.1 Å². The number of benzene rings is 1. The summed E-state index contributed by atoms with van der Waals surface area (Å²) < 4.78 is 4.58. The van der Waals surface area contributed by atoms with Crippen LogP contribution in [0.25, 0.3) is 0 Å². The molecule has 0 radical (unpaired) electrons. The lowest BCUT2D eigenvalue weighted by atomic mass is 10.1. The first-order valence-electron chi connectivity index (χ1n) is 4.28. The summed E-state index contributed by atoms with van der Waals surface area (Å²) in [5, 5.41) is 5.27. The summed E-state index contributed by atoms with van der Waals surface area (Å²) in [6, 6.07) is 7.82. The van der Waals surface area contributed by atoms with E-state index in [4.69, 9.17) is 0 Å². The van der Waals surface area contributed by atoms with Crippen molar-refractivity contribution in [2.45, 2.75) is 6.54 Å². The van der Waals surface area contributed by atoms with E-state index in [1.165, 1.54) is 12.1 Å². The number of hydrogen-bond donors (Lipinski definition) is 0. The van der Waals surface area contributed by atoms with Crippen molar-refractivity contribution in [1.29, 1.82) is 0 Å². The van der Waals surface area contributed by atoms with Crippen LogP contribution in [0.4, 0.5) is 4.79 Å². The molecule has 0 aromatic heterocycles. The fourth-order valence-corrected chi connectivity index (χ4v) is 1.36. The van der Waals surface area contributed by atoms with Gasteiger partial charge in [0.2, 0.25) is 0 Å². The normalized spacial score (nSPS) is 13.6. The van der Waals surface area contributed by atoms with E-state index in [1.807, 2.05) is 24.3 Å². The molecule has 14 heavy (non-hydrogen) atoms. The SMILES string of the molecule is COC(=O)N1Cc2ccccc2C=N1. The molecule has 0 bridgehead atoms. The monoisotopic (exact) mass is 190 g/mol. The molecule has 0 saturated heterocycles. The second-order valence-corrected chi connectivity index (χ2v) is 2.97. The van der Waals surface area contributed by atoms with Crippen LogP contribution in [-0.2, 0) is 11.3 Å². The largest absolute Gasteiger partial charge is 0.451 e. The van der Waals surface area contributed by atoms with Gasteiger partial charge in [0.05, 0.1) is 19.9 Å². The van der Waals surface area contributed by atoms with E-state index >= 15 is 0 Å². The second-order valence-electron chi connectivity index (χ2n) is 2.97. The Morgan fingerprint density at radius 3 is 3.07 bits per heavy atom. The molecule has 2 rings (SSSR count). The molecule has 4 nitrogen and oxygen atoms in total. The molecule has 0 fully saturated rings. The minimum absolute atomic E-state index is 0.434. The Morgan fingerprint density at radius 1 is 1.50 bits per heavy atom. The van der Waals surface area contributed by atoms with Crippen molar-refractivity contribution in [3.8, 4) is 0 Å². The second kappa shape index (κ2) is 3.49. The number of amides is 1. The van der Waals surface area contributed by atoms with Gasteiger partial charge >= 0.3 is 6.09 Å². The van der Waals surface area contributed by atoms with Crippen LogP contribution in [0.15, 0.2) is 29.4 Å². The standard InChI is InChI=1S/C10H10N2O2/c1-14-10(13)12-7-9-5-3-2-4-8(9)6-11-12/h2-6H,7H2,1H3. The molecule has 1 amide bonds. The molecular formula is C10H10N2O2. The van der Waals surface area contributed by atoms with Crippen molar-refractivity contribution in [3.05, 3.63) is 35.4 Å². The number of carbonyl (C=O) groups is 1. The molecule has 0 N–H and O–H groups in total. The first-order valence-corrected chi connectivity index (χ1v) is 4.28. The van der Waals surface area contributed by atoms with Gasteiger partial charge in [0.25, 0.3) is 0 Å². The van der Waals surface area contributed by atoms with E-state index in [0.717, 1.165) is 11.1 Å². The highest BCUT2D eigenvalue weighted by atomic mass is 16.5. The van der Waals surface area contributed by atoms with Gasteiger partial charge < -0.3 is 4.74 Å². The predicted molar refractivity (Wildman–Crippen MR) is 52.0 cm³/mol. The Balaban J connectivity index is 2.25. The Kier molecular flexibility index (Phi) is 2.18. The van der Waals surface area contributed by atoms with Gasteiger partial charge in [0, 0.05) is 0 Å². The van der Waals surface area contributed by atoms with Crippen LogP contribution >= 0.6 is 0 Å². The average molecular weight is 190 g/mol. The van der Waals surface area contributed by atoms with Crippen LogP contribution in [0.2, 0.25) is 0 Å². The van der Waals surface area contributed by atoms with Crippen LogP contribution in [0.5, 0.6) is 0 Å². The number of nitrogens with zero attached hydrogens (tertiary/aromatic N) is 2. The van der Waals surface area contributed by atoms with Crippen molar-refractivity contribution in [1.82, 2.24) is 5.01 Å². The maximum absolute atomic E-state index is 11.2. The number of hydrazone groups is 1. The Bertz CT molecular complexity index is 387. The first-order chi connectivity index (χ1) is 6.81. The number of hydrogen-bond acceptors (Lipinski definition) is 3. The summed E-state index contributed by atoms with van der Waals surface area (Å²) in [4.78, 5) is 11.2. The highest BCUT2D eigenvalue weighted by molar-refractivity contribution is 5.84. The molecule has 4 heteroatoms. The fourth-order valence-electron chi connectivity index (χ4n) is 1.36. The van der Waals surface area contributed by atoms with E-state index in [2.05, 4.69) is 9.84 Å². The first kappa shape index (κ1) is 8.74. The van der Waals surface area contributed by atoms with E-state index in [0.29, 0.717) is 6.54 Å². The molecule has 1 aliphatic rings. The zero-order valence-corrected chi connectivity index (χ0v) is 7.80. The summed E-state index contributed by atoms with van der Waals surface area (Å²) >= 11 is 0. The molecular weight excluding hydrogens is 180 g/mol. The average Bonchev–Trinajstić information content (AvgIpc) is 2.27. The number of ether oxygens (including phenoxy) is 1. The Labute approximate surface area is 81.8 Å². The van der Waals surface area contributed by atoms with Crippen LogP contribution in [-0.4, -0.2) is 24.4 Å². The number of rotatable bonds is 0. The third-order valence-corrected chi connectivity index (χ3v) is 2.10. The third-order valence-electron chi connectivity index (χ3n) is 2.10. The minimum Gasteiger partial charge on any atom is -0.451 e. The summed E-state index contributed by atoms with van der Waals surface area (Å²) in [7, 11) is 1.35. The van der Waals surface area contributed by atoms with Gasteiger partial charge in [-0.15, -0.1) is 0 Å². The van der Waals surface area contributed by atoms with Crippen LogP contribution < -0.4 is 0 Å². The van der Waals surface area contributed by atoms with E-state index in [1.54, 1.807) is 6.21 Å². The fraction of sp³-hybridized carbons (Fsp3) is 0.200. The molecule has 0 spiro atoms. The van der Waals surface area contributed by atoms with Crippen molar-refractivity contribution in [3.63, 3.8) is 0 Å². The van der Waals surface area contributed by atoms with Crippen molar-refractivity contribution < 1.29 is 9.53 Å². The molecule has 1 heterocycles. The van der Waals surface area contributed by atoms with E-state index < -0.39 is 6.09 Å². The Hall–Kier alpha value is -1.84. The smallest absolute Gasteiger partial charge is 0.430 e. The lowest BCUT2D eigenvalue weighted by Crippen LogP contribution is -2.28. The summed E-state index contributed by atoms with van der Waals surface area (Å²) in [5.41, 5.74) is 2.13. The quantitative estimate of drug-likeness (QED) is 0.623. The molecule has 72 valence electrons. The molecule has 0 atom stereocenters. The highest BCUT2D eigenvalue weighted by Crippen LogP contribution is 2.15. The lowest BCUT2D eigenvalue weighted by molar-refractivity contribution is 0.122. The van der Waals surface area contributed by atoms with Crippen molar-refractivity contribution in [2.24, 2.45) is 5.10 Å². The summed E-state index contributed by atoms with van der Waals surface area (Å²) in [6.07, 6.45) is 1.23.